The summed E-state index contributed by atoms with van der Waals surface area (Å²) >= 11 is 0. The minimum atomic E-state index is -1.63. The van der Waals surface area contributed by atoms with Gasteiger partial charge in [0.25, 0.3) is 0 Å². The predicted molar refractivity (Wildman–Crippen MR) is 389 cm³/mol. The molecular formula is C82H139NO8. The van der Waals surface area contributed by atoms with Crippen LogP contribution in [0.15, 0.2) is 134 Å². The number of rotatable bonds is 68. The first-order chi connectivity index (χ1) is 44.6. The highest BCUT2D eigenvalue weighted by atomic mass is 16.7. The second-order valence-corrected chi connectivity index (χ2v) is 25.9. The lowest BCUT2D eigenvalue weighted by Crippen LogP contribution is -2.44. The Labute approximate surface area is 560 Å². The molecule has 0 aliphatic rings. The molecule has 9 nitrogen and oxygen atoms in total. The molecule has 0 saturated carbocycles. The van der Waals surface area contributed by atoms with E-state index in [2.05, 4.69) is 148 Å². The number of likely N-dealkylation sites (N-methyl/N-ethyl adjacent to an activating group) is 1. The van der Waals surface area contributed by atoms with Gasteiger partial charge in [-0.25, -0.2) is 0 Å². The van der Waals surface area contributed by atoms with Gasteiger partial charge in [0, 0.05) is 12.8 Å². The SMILES string of the molecule is CC/C=C\C/C=C\C/C=C\C/C=C\C/C=C\C/C=C\C/C=C\C/C=C\C/C=C\CCCCCCCCCCCCCC(=O)OC(COC(=O)CCCCCCCCCCCCCCCCC/C=C\C/C=C\CCCCCCC)COC(OCC[N+](C)(C)C)C(=O)[O-]. The van der Waals surface area contributed by atoms with Crippen LogP contribution in [0.5, 0.6) is 0 Å². The average Bonchev–Trinajstić information content (AvgIpc) is 3.46. The van der Waals surface area contributed by atoms with Crippen molar-refractivity contribution in [3.05, 3.63) is 134 Å². The number of quaternary nitrogens is 1. The molecule has 0 saturated heterocycles. The van der Waals surface area contributed by atoms with E-state index >= 15 is 0 Å². The smallest absolute Gasteiger partial charge is 0.306 e. The molecule has 0 heterocycles. The Hall–Kier alpha value is -4.57. The van der Waals surface area contributed by atoms with Crippen molar-refractivity contribution in [3.63, 3.8) is 0 Å². The van der Waals surface area contributed by atoms with E-state index < -0.39 is 24.3 Å². The van der Waals surface area contributed by atoms with Gasteiger partial charge in [0.15, 0.2) is 12.4 Å². The Morgan fingerprint density at radius 2 is 0.626 bits per heavy atom. The van der Waals surface area contributed by atoms with E-state index in [4.69, 9.17) is 18.9 Å². The summed E-state index contributed by atoms with van der Waals surface area (Å²) < 4.78 is 22.8. The van der Waals surface area contributed by atoms with Gasteiger partial charge in [0.2, 0.25) is 0 Å². The van der Waals surface area contributed by atoms with Crippen LogP contribution in [0.4, 0.5) is 0 Å². The van der Waals surface area contributed by atoms with Gasteiger partial charge >= 0.3 is 11.9 Å². The highest BCUT2D eigenvalue weighted by Gasteiger charge is 2.22. The molecule has 2 unspecified atom stereocenters. The minimum Gasteiger partial charge on any atom is -0.545 e. The van der Waals surface area contributed by atoms with Crippen molar-refractivity contribution in [2.24, 2.45) is 0 Å². The van der Waals surface area contributed by atoms with Crippen LogP contribution in [-0.4, -0.2) is 82.3 Å². The van der Waals surface area contributed by atoms with E-state index in [0.717, 1.165) is 109 Å². The van der Waals surface area contributed by atoms with Crippen molar-refractivity contribution in [3.8, 4) is 0 Å². The fraction of sp³-hybridized carbons (Fsp3) is 0.695. The fourth-order valence-corrected chi connectivity index (χ4v) is 10.2. The van der Waals surface area contributed by atoms with E-state index in [-0.39, 0.29) is 38.6 Å². The normalized spacial score (nSPS) is 13.5. The molecule has 0 fully saturated rings. The number of hydrogen-bond acceptors (Lipinski definition) is 8. The van der Waals surface area contributed by atoms with E-state index in [1.165, 1.54) is 167 Å². The Morgan fingerprint density at radius 1 is 0.341 bits per heavy atom. The molecule has 0 spiro atoms. The summed E-state index contributed by atoms with van der Waals surface area (Å²) in [6.45, 7) is 4.64. The van der Waals surface area contributed by atoms with Gasteiger partial charge in [-0.15, -0.1) is 0 Å². The summed E-state index contributed by atoms with van der Waals surface area (Å²) in [5.74, 6) is -2.28. The van der Waals surface area contributed by atoms with Crippen LogP contribution in [0.2, 0.25) is 0 Å². The van der Waals surface area contributed by atoms with Crippen molar-refractivity contribution in [1.29, 1.82) is 0 Å². The van der Waals surface area contributed by atoms with Crippen LogP contribution < -0.4 is 5.11 Å². The number of aliphatic carboxylic acids is 1. The van der Waals surface area contributed by atoms with Gasteiger partial charge in [0.05, 0.1) is 40.3 Å². The lowest BCUT2D eigenvalue weighted by molar-refractivity contribution is -0.870. The lowest BCUT2D eigenvalue weighted by Gasteiger charge is -2.26. The standard InChI is InChI=1S/C82H139NO8/c1-6-8-10-12-14-16-18-20-22-24-26-28-30-32-34-35-36-37-38-39-40-41-42-43-44-45-47-49-51-53-55-57-59-61-63-65-67-69-71-73-80(85)91-78(77-90-82(81(86)87)88-75-74-83(3,4)5)76-89-79(84)72-70-68-66-64-62-60-58-56-54-52-50-48-46-33-31-29-27-25-23-21-19-17-15-13-11-9-7-2/h8,10,14,16,19-22,25-28,32,34,36-37,39-40,42-43,45,47,78,82H,6-7,9,11-13,15,17-18,23-24,29-31,33,35,38,41,44,46,48-77H2,1-5H3/b10-8-,16-14-,21-19-,22-20-,27-25-,28-26-,34-32-,37-36-,40-39-,43-42-,47-45-. The summed E-state index contributed by atoms with van der Waals surface area (Å²) in [7, 11) is 5.93. The fourth-order valence-electron chi connectivity index (χ4n) is 10.2. The number of hydrogen-bond donors (Lipinski definition) is 0. The third-order valence-electron chi connectivity index (χ3n) is 15.9. The number of esters is 2. The number of carboxylic acids is 1. The average molecular weight is 1270 g/mol. The van der Waals surface area contributed by atoms with Crippen molar-refractivity contribution in [1.82, 2.24) is 0 Å². The first-order valence-corrected chi connectivity index (χ1v) is 37.3. The number of carbonyl (C=O) groups is 3. The number of nitrogens with zero attached hydrogens (tertiary/aromatic N) is 1. The van der Waals surface area contributed by atoms with E-state index in [1.54, 1.807) is 0 Å². The zero-order valence-corrected chi connectivity index (χ0v) is 59.4. The molecule has 0 aromatic rings. The van der Waals surface area contributed by atoms with E-state index in [1.807, 2.05) is 21.1 Å². The van der Waals surface area contributed by atoms with Gasteiger partial charge in [-0.05, 0) is 116 Å². The van der Waals surface area contributed by atoms with E-state index in [9.17, 15) is 19.5 Å². The molecule has 0 aromatic heterocycles. The van der Waals surface area contributed by atoms with Gasteiger partial charge in [-0.2, -0.15) is 0 Å². The molecule has 0 aliphatic heterocycles. The molecule has 2 atom stereocenters. The van der Waals surface area contributed by atoms with Gasteiger partial charge in [0.1, 0.15) is 13.2 Å². The summed E-state index contributed by atoms with van der Waals surface area (Å²) in [5.41, 5.74) is 0. The molecule has 0 rings (SSSR count). The monoisotopic (exact) mass is 1270 g/mol. The van der Waals surface area contributed by atoms with Crippen LogP contribution in [0.25, 0.3) is 0 Å². The number of unbranched alkanes of at least 4 members (excludes halogenated alkanes) is 31. The Morgan fingerprint density at radius 3 is 0.934 bits per heavy atom. The Balaban J connectivity index is 4.12. The second-order valence-electron chi connectivity index (χ2n) is 25.9. The van der Waals surface area contributed by atoms with Crippen molar-refractivity contribution < 1.29 is 42.9 Å². The van der Waals surface area contributed by atoms with Gasteiger partial charge in [-0.3, -0.25) is 9.59 Å². The quantitative estimate of drug-likeness (QED) is 0.0195. The van der Waals surface area contributed by atoms with E-state index in [0.29, 0.717) is 17.4 Å². The number of allylic oxidation sites excluding steroid dienone is 22. The van der Waals surface area contributed by atoms with Crippen molar-refractivity contribution in [2.75, 3.05) is 47.5 Å². The number of ether oxygens (including phenoxy) is 4. The summed E-state index contributed by atoms with van der Waals surface area (Å²) in [4.78, 5) is 37.5. The molecule has 0 N–H and O–H groups in total. The molecule has 9 heteroatoms. The third-order valence-corrected chi connectivity index (χ3v) is 15.9. The summed E-state index contributed by atoms with van der Waals surface area (Å²) in [6.07, 6.45) is 99.7. The van der Waals surface area contributed by atoms with Crippen LogP contribution >= 0.6 is 0 Å². The van der Waals surface area contributed by atoms with Crippen molar-refractivity contribution in [2.45, 2.75) is 322 Å². The second kappa shape index (κ2) is 71.3. The van der Waals surface area contributed by atoms with Crippen LogP contribution in [-0.2, 0) is 33.3 Å². The van der Waals surface area contributed by atoms with Crippen LogP contribution in [0.3, 0.4) is 0 Å². The van der Waals surface area contributed by atoms with Crippen LogP contribution in [0.1, 0.15) is 309 Å². The first kappa shape index (κ1) is 86.4. The number of carbonyl (C=O) groups excluding carboxylic acids is 3. The molecule has 0 amide bonds. The maximum Gasteiger partial charge on any atom is 0.306 e. The molecule has 0 radical (unpaired) electrons. The largest absolute Gasteiger partial charge is 0.545 e. The topological polar surface area (TPSA) is 111 Å². The Bertz CT molecular complexity index is 1960. The highest BCUT2D eigenvalue weighted by Crippen LogP contribution is 2.17. The molecule has 91 heavy (non-hydrogen) atoms. The molecule has 0 bridgehead atoms. The van der Waals surface area contributed by atoms with Gasteiger partial charge in [-0.1, -0.05) is 314 Å². The molecular weight excluding hydrogens is 1130 g/mol. The lowest BCUT2D eigenvalue weighted by atomic mass is 10.0. The molecule has 0 aliphatic carbocycles. The molecule has 0 aromatic carbocycles. The minimum absolute atomic E-state index is 0.142. The number of carboxylic acid groups (broad SMARTS) is 1. The maximum atomic E-state index is 13.0. The Kier molecular flexibility index (Phi) is 67.7. The third kappa shape index (κ3) is 72.7. The zero-order valence-electron chi connectivity index (χ0n) is 59.4. The maximum absolute atomic E-state index is 13.0. The molecule has 520 valence electrons. The highest BCUT2D eigenvalue weighted by molar-refractivity contribution is 5.70. The predicted octanol–water partition coefficient (Wildman–Crippen LogP) is 22.4. The first-order valence-electron chi connectivity index (χ1n) is 37.3. The van der Waals surface area contributed by atoms with Crippen LogP contribution in [0, 0.1) is 0 Å². The summed E-state index contributed by atoms with van der Waals surface area (Å²) in [5, 5.41) is 11.8. The van der Waals surface area contributed by atoms with Gasteiger partial charge < -0.3 is 33.3 Å². The summed E-state index contributed by atoms with van der Waals surface area (Å²) in [6, 6.07) is 0. The zero-order chi connectivity index (χ0) is 66.1. The van der Waals surface area contributed by atoms with Crippen molar-refractivity contribution >= 4 is 17.9 Å².